The maximum absolute atomic E-state index is 11.0. The molecule has 0 radical (unpaired) electrons. The van der Waals surface area contributed by atoms with Gasteiger partial charge in [-0.25, -0.2) is 4.84 Å². The second-order valence-electron chi connectivity index (χ2n) is 3.68. The summed E-state index contributed by atoms with van der Waals surface area (Å²) in [6, 6.07) is 0. The molecular formula is C9H18ClNO2. The summed E-state index contributed by atoms with van der Waals surface area (Å²) in [7, 11) is 5.72. The van der Waals surface area contributed by atoms with E-state index >= 15 is 0 Å². The highest BCUT2D eigenvalue weighted by molar-refractivity contribution is 5.94. The van der Waals surface area contributed by atoms with Gasteiger partial charge in [-0.2, -0.15) is 4.65 Å². The molecule has 13 heavy (non-hydrogen) atoms. The lowest BCUT2D eigenvalue weighted by Crippen LogP contribution is -3.00. The second kappa shape index (κ2) is 6.13. The van der Waals surface area contributed by atoms with Crippen molar-refractivity contribution in [2.24, 2.45) is 0 Å². The minimum absolute atomic E-state index is 0. The number of ketones is 1. The van der Waals surface area contributed by atoms with Gasteiger partial charge in [-0.05, 0) is 12.5 Å². The van der Waals surface area contributed by atoms with E-state index in [2.05, 4.69) is 6.58 Å². The summed E-state index contributed by atoms with van der Waals surface area (Å²) in [6.45, 7) is 5.73. The van der Waals surface area contributed by atoms with Gasteiger partial charge in [0.1, 0.15) is 6.61 Å². The van der Waals surface area contributed by atoms with Gasteiger partial charge < -0.3 is 12.4 Å². The van der Waals surface area contributed by atoms with Crippen LogP contribution in [-0.2, 0) is 9.63 Å². The van der Waals surface area contributed by atoms with Crippen LogP contribution in [-0.4, -0.2) is 38.2 Å². The molecule has 78 valence electrons. The van der Waals surface area contributed by atoms with Gasteiger partial charge in [0.05, 0.1) is 21.1 Å². The minimum atomic E-state index is 0. The van der Waals surface area contributed by atoms with Crippen LogP contribution in [0.2, 0.25) is 0 Å². The molecule has 0 rings (SSSR count). The SMILES string of the molecule is C=C(C)C(=O)CCO[N+](C)(C)C.[Cl-]. The fourth-order valence-corrected chi connectivity index (χ4v) is 0.626. The van der Waals surface area contributed by atoms with Gasteiger partial charge in [0, 0.05) is 6.42 Å². The third kappa shape index (κ3) is 9.53. The van der Waals surface area contributed by atoms with E-state index in [-0.39, 0.29) is 18.2 Å². The second-order valence-corrected chi connectivity index (χ2v) is 3.68. The average molecular weight is 208 g/mol. The van der Waals surface area contributed by atoms with Crippen LogP contribution in [0.1, 0.15) is 13.3 Å². The van der Waals surface area contributed by atoms with Crippen molar-refractivity contribution in [3.63, 3.8) is 0 Å². The van der Waals surface area contributed by atoms with E-state index in [0.717, 1.165) is 0 Å². The molecule has 0 saturated heterocycles. The summed E-state index contributed by atoms with van der Waals surface area (Å²) in [6.07, 6.45) is 0.421. The Morgan fingerprint density at radius 1 is 1.38 bits per heavy atom. The lowest BCUT2D eigenvalue weighted by atomic mass is 10.2. The molecule has 0 aromatic rings. The molecule has 0 atom stereocenters. The Morgan fingerprint density at radius 2 is 1.85 bits per heavy atom. The number of hydroxylamine groups is 3. The number of Topliss-reactive ketones (excluding diaryl/α,β-unsaturated/α-hetero) is 1. The lowest BCUT2D eigenvalue weighted by Gasteiger charge is -2.20. The molecule has 0 saturated carbocycles. The first kappa shape index (κ1) is 15.1. The topological polar surface area (TPSA) is 26.3 Å². The van der Waals surface area contributed by atoms with E-state index in [9.17, 15) is 4.79 Å². The number of carbonyl (C=O) groups is 1. The molecule has 3 nitrogen and oxygen atoms in total. The number of carbonyl (C=O) groups excluding carboxylic acids is 1. The van der Waals surface area contributed by atoms with Crippen molar-refractivity contribution in [1.82, 2.24) is 0 Å². The summed E-state index contributed by atoms with van der Waals surface area (Å²) in [4.78, 5) is 16.4. The van der Waals surface area contributed by atoms with E-state index in [4.69, 9.17) is 4.84 Å². The number of quaternary nitrogens is 1. The van der Waals surface area contributed by atoms with Crippen molar-refractivity contribution in [1.29, 1.82) is 0 Å². The summed E-state index contributed by atoms with van der Waals surface area (Å²) >= 11 is 0. The van der Waals surface area contributed by atoms with Crippen LogP contribution < -0.4 is 12.4 Å². The zero-order chi connectivity index (χ0) is 9.78. The van der Waals surface area contributed by atoms with E-state index < -0.39 is 0 Å². The van der Waals surface area contributed by atoms with Gasteiger partial charge in [0.25, 0.3) is 0 Å². The molecule has 0 bridgehead atoms. The first-order chi connectivity index (χ1) is 5.33. The van der Waals surface area contributed by atoms with Crippen LogP contribution in [0.25, 0.3) is 0 Å². The van der Waals surface area contributed by atoms with Gasteiger partial charge in [0.15, 0.2) is 5.78 Å². The molecule has 0 aliphatic carbocycles. The molecule has 0 N–H and O–H groups in total. The summed E-state index contributed by atoms with van der Waals surface area (Å²) in [5.41, 5.74) is 0.597. The number of hydrogen-bond acceptors (Lipinski definition) is 2. The molecule has 0 aliphatic rings. The highest BCUT2D eigenvalue weighted by Crippen LogP contribution is 1.99. The Kier molecular flexibility index (Phi) is 7.13. The fourth-order valence-electron chi connectivity index (χ4n) is 0.626. The van der Waals surface area contributed by atoms with Crippen LogP contribution in [0, 0.1) is 0 Å². The molecular weight excluding hydrogens is 190 g/mol. The molecule has 0 aromatic heterocycles. The molecule has 0 aromatic carbocycles. The highest BCUT2D eigenvalue weighted by atomic mass is 35.5. The van der Waals surface area contributed by atoms with E-state index in [1.54, 1.807) is 6.92 Å². The Bertz CT molecular complexity index is 185. The van der Waals surface area contributed by atoms with Crippen LogP contribution in [0.3, 0.4) is 0 Å². The summed E-state index contributed by atoms with van der Waals surface area (Å²) in [5.74, 6) is 0.0726. The maximum Gasteiger partial charge on any atom is 0.160 e. The molecule has 0 heterocycles. The zero-order valence-electron chi connectivity index (χ0n) is 8.76. The van der Waals surface area contributed by atoms with Crippen molar-refractivity contribution >= 4 is 5.78 Å². The van der Waals surface area contributed by atoms with Crippen molar-refractivity contribution < 1.29 is 26.7 Å². The number of nitrogens with zero attached hydrogens (tertiary/aromatic N) is 1. The number of hydrogen-bond donors (Lipinski definition) is 0. The van der Waals surface area contributed by atoms with Gasteiger partial charge in [-0.3, -0.25) is 4.79 Å². The Hall–Kier alpha value is -0.380. The van der Waals surface area contributed by atoms with Gasteiger partial charge in [0.2, 0.25) is 0 Å². The predicted molar refractivity (Wildman–Crippen MR) is 48.4 cm³/mol. The van der Waals surface area contributed by atoms with Crippen LogP contribution in [0.4, 0.5) is 0 Å². The maximum atomic E-state index is 11.0. The van der Waals surface area contributed by atoms with E-state index in [1.165, 1.54) is 0 Å². The first-order valence-electron chi connectivity index (χ1n) is 3.97. The largest absolute Gasteiger partial charge is 1.00 e. The van der Waals surface area contributed by atoms with Crippen LogP contribution >= 0.6 is 0 Å². The fraction of sp³-hybridized carbons (Fsp3) is 0.667. The molecule has 0 aliphatic heterocycles. The monoisotopic (exact) mass is 207 g/mol. The number of halogens is 1. The van der Waals surface area contributed by atoms with Gasteiger partial charge in [-0.15, -0.1) is 0 Å². The third-order valence-corrected chi connectivity index (χ3v) is 1.28. The molecule has 0 fully saturated rings. The highest BCUT2D eigenvalue weighted by Gasteiger charge is 2.09. The molecule has 0 unspecified atom stereocenters. The van der Waals surface area contributed by atoms with Gasteiger partial charge in [-0.1, -0.05) is 6.58 Å². The molecule has 0 amide bonds. The first-order valence-corrected chi connectivity index (χ1v) is 3.97. The van der Waals surface area contributed by atoms with Crippen molar-refractivity contribution in [2.45, 2.75) is 13.3 Å². The zero-order valence-corrected chi connectivity index (χ0v) is 9.52. The Labute approximate surface area is 86.3 Å². The summed E-state index contributed by atoms with van der Waals surface area (Å²) < 4.78 is 0.420. The van der Waals surface area contributed by atoms with E-state index in [1.807, 2.05) is 21.1 Å². The minimum Gasteiger partial charge on any atom is -1.00 e. The normalized spacial score (nSPS) is 10.5. The van der Waals surface area contributed by atoms with Crippen molar-refractivity contribution in [2.75, 3.05) is 27.7 Å². The molecule has 0 spiro atoms. The third-order valence-electron chi connectivity index (χ3n) is 1.28. The lowest BCUT2D eigenvalue weighted by molar-refractivity contribution is -1.06. The number of rotatable bonds is 5. The van der Waals surface area contributed by atoms with Crippen molar-refractivity contribution in [3.8, 4) is 0 Å². The Morgan fingerprint density at radius 3 is 2.15 bits per heavy atom. The predicted octanol–water partition coefficient (Wildman–Crippen LogP) is -1.84. The quantitative estimate of drug-likeness (QED) is 0.301. The Balaban J connectivity index is 0. The smallest absolute Gasteiger partial charge is 0.160 e. The number of allylic oxidation sites excluding steroid dienone is 1. The van der Waals surface area contributed by atoms with E-state index in [0.29, 0.717) is 23.2 Å². The standard InChI is InChI=1S/C9H18NO2.ClH/c1-8(2)9(11)6-7-12-10(3,4)5;/h1,6-7H2,2-5H3;1H/q+1;/p-1. The van der Waals surface area contributed by atoms with Crippen molar-refractivity contribution in [3.05, 3.63) is 12.2 Å². The molecule has 4 heteroatoms. The van der Waals surface area contributed by atoms with Crippen LogP contribution in [0.15, 0.2) is 12.2 Å². The van der Waals surface area contributed by atoms with Gasteiger partial charge >= 0.3 is 0 Å². The van der Waals surface area contributed by atoms with Crippen LogP contribution in [0.5, 0.6) is 0 Å². The average Bonchev–Trinajstić information content (AvgIpc) is 1.84. The summed E-state index contributed by atoms with van der Waals surface area (Å²) in [5, 5.41) is 0.